The summed E-state index contributed by atoms with van der Waals surface area (Å²) >= 11 is 0. The highest BCUT2D eigenvalue weighted by Gasteiger charge is 1.99. The first kappa shape index (κ1) is 8.52. The number of rotatable bonds is 1. The molecule has 2 aromatic rings. The lowest BCUT2D eigenvalue weighted by Crippen LogP contribution is -1.94. The average Bonchev–Trinajstić information content (AvgIpc) is 2.66. The lowest BCUT2D eigenvalue weighted by atomic mass is 10.2. The predicted octanol–water partition coefficient (Wildman–Crippen LogP) is 2.05. The summed E-state index contributed by atoms with van der Waals surface area (Å²) in [5.74, 6) is 0. The minimum Gasteiger partial charge on any atom is -0.240 e. The molecule has 1 heterocycles. The molecular formula is C11H9N3. The SMILES string of the molecule is Cc1cccc(-n2ccc(C#N)n2)c1. The van der Waals surface area contributed by atoms with Gasteiger partial charge in [0, 0.05) is 6.20 Å². The Labute approximate surface area is 82.2 Å². The van der Waals surface area contributed by atoms with E-state index in [0.717, 1.165) is 5.69 Å². The summed E-state index contributed by atoms with van der Waals surface area (Å²) in [6, 6.07) is 11.7. The van der Waals surface area contributed by atoms with Gasteiger partial charge in [-0.3, -0.25) is 0 Å². The first-order chi connectivity index (χ1) is 6.79. The van der Waals surface area contributed by atoms with E-state index in [-0.39, 0.29) is 0 Å². The Morgan fingerprint density at radius 1 is 1.36 bits per heavy atom. The van der Waals surface area contributed by atoms with Crippen LogP contribution in [0, 0.1) is 18.3 Å². The molecule has 14 heavy (non-hydrogen) atoms. The number of benzene rings is 1. The maximum atomic E-state index is 8.63. The van der Waals surface area contributed by atoms with Crippen molar-refractivity contribution in [3.05, 3.63) is 47.8 Å². The highest BCUT2D eigenvalue weighted by Crippen LogP contribution is 2.09. The van der Waals surface area contributed by atoms with Gasteiger partial charge in [-0.1, -0.05) is 12.1 Å². The molecule has 0 radical (unpaired) electrons. The molecule has 0 N–H and O–H groups in total. The van der Waals surface area contributed by atoms with Crippen molar-refractivity contribution in [1.82, 2.24) is 9.78 Å². The molecule has 0 aliphatic heterocycles. The lowest BCUT2D eigenvalue weighted by Gasteiger charge is -2.00. The van der Waals surface area contributed by atoms with E-state index < -0.39 is 0 Å². The molecule has 2 rings (SSSR count). The van der Waals surface area contributed by atoms with Crippen LogP contribution in [-0.4, -0.2) is 9.78 Å². The van der Waals surface area contributed by atoms with Crippen LogP contribution in [0.4, 0.5) is 0 Å². The van der Waals surface area contributed by atoms with Gasteiger partial charge in [0.15, 0.2) is 5.69 Å². The van der Waals surface area contributed by atoms with E-state index in [1.807, 2.05) is 37.3 Å². The second kappa shape index (κ2) is 3.35. The van der Waals surface area contributed by atoms with Crippen LogP contribution in [0.3, 0.4) is 0 Å². The third-order valence-corrected chi connectivity index (χ3v) is 1.97. The standard InChI is InChI=1S/C11H9N3/c1-9-3-2-4-11(7-9)14-6-5-10(8-12)13-14/h2-7H,1H3. The van der Waals surface area contributed by atoms with Crippen molar-refractivity contribution in [1.29, 1.82) is 5.26 Å². The molecule has 0 aliphatic carbocycles. The Bertz CT molecular complexity index is 491. The second-order valence-corrected chi connectivity index (χ2v) is 3.10. The van der Waals surface area contributed by atoms with Gasteiger partial charge in [0.25, 0.3) is 0 Å². The van der Waals surface area contributed by atoms with E-state index in [1.54, 1.807) is 16.9 Å². The van der Waals surface area contributed by atoms with Crippen molar-refractivity contribution < 1.29 is 0 Å². The first-order valence-electron chi connectivity index (χ1n) is 4.32. The quantitative estimate of drug-likeness (QED) is 0.679. The topological polar surface area (TPSA) is 41.6 Å². The van der Waals surface area contributed by atoms with Gasteiger partial charge >= 0.3 is 0 Å². The van der Waals surface area contributed by atoms with Gasteiger partial charge in [-0.25, -0.2) is 4.68 Å². The van der Waals surface area contributed by atoms with E-state index >= 15 is 0 Å². The summed E-state index contributed by atoms with van der Waals surface area (Å²) in [5.41, 5.74) is 2.59. The Hall–Kier alpha value is -2.08. The van der Waals surface area contributed by atoms with Gasteiger partial charge in [-0.2, -0.15) is 10.4 Å². The highest BCUT2D eigenvalue weighted by atomic mass is 15.3. The van der Waals surface area contributed by atoms with Crippen LogP contribution in [0.2, 0.25) is 0 Å². The molecule has 0 fully saturated rings. The van der Waals surface area contributed by atoms with Crippen molar-refractivity contribution in [2.24, 2.45) is 0 Å². The third-order valence-electron chi connectivity index (χ3n) is 1.97. The number of hydrogen-bond acceptors (Lipinski definition) is 2. The number of nitrogens with zero attached hydrogens (tertiary/aromatic N) is 3. The fourth-order valence-electron chi connectivity index (χ4n) is 1.30. The zero-order valence-electron chi connectivity index (χ0n) is 7.81. The van der Waals surface area contributed by atoms with Crippen molar-refractivity contribution in [2.45, 2.75) is 6.92 Å². The minimum absolute atomic E-state index is 0.437. The average molecular weight is 183 g/mol. The summed E-state index contributed by atoms with van der Waals surface area (Å²) < 4.78 is 1.70. The number of nitriles is 1. The molecule has 3 nitrogen and oxygen atoms in total. The molecule has 0 atom stereocenters. The van der Waals surface area contributed by atoms with E-state index in [0.29, 0.717) is 5.69 Å². The van der Waals surface area contributed by atoms with Crippen molar-refractivity contribution in [3.8, 4) is 11.8 Å². The molecular weight excluding hydrogens is 174 g/mol. The maximum Gasteiger partial charge on any atom is 0.162 e. The molecule has 1 aromatic heterocycles. The van der Waals surface area contributed by atoms with Gasteiger partial charge in [0.1, 0.15) is 6.07 Å². The van der Waals surface area contributed by atoms with E-state index in [4.69, 9.17) is 5.26 Å². The molecule has 68 valence electrons. The molecule has 3 heteroatoms. The Morgan fingerprint density at radius 2 is 2.21 bits per heavy atom. The van der Waals surface area contributed by atoms with E-state index in [2.05, 4.69) is 5.10 Å². The monoisotopic (exact) mass is 183 g/mol. The maximum absolute atomic E-state index is 8.63. The summed E-state index contributed by atoms with van der Waals surface area (Å²) in [7, 11) is 0. The van der Waals surface area contributed by atoms with E-state index in [1.165, 1.54) is 5.56 Å². The van der Waals surface area contributed by atoms with E-state index in [9.17, 15) is 0 Å². The molecule has 1 aromatic carbocycles. The van der Waals surface area contributed by atoms with Gasteiger partial charge in [-0.05, 0) is 30.7 Å². The van der Waals surface area contributed by atoms with Crippen LogP contribution in [0.25, 0.3) is 5.69 Å². The second-order valence-electron chi connectivity index (χ2n) is 3.10. The Kier molecular flexibility index (Phi) is 2.04. The van der Waals surface area contributed by atoms with Crippen LogP contribution >= 0.6 is 0 Å². The van der Waals surface area contributed by atoms with Crippen molar-refractivity contribution in [2.75, 3.05) is 0 Å². The summed E-state index contributed by atoms with van der Waals surface area (Å²) in [5, 5.41) is 12.7. The fraction of sp³-hybridized carbons (Fsp3) is 0.0909. The highest BCUT2D eigenvalue weighted by molar-refractivity contribution is 5.35. The van der Waals surface area contributed by atoms with Gasteiger partial charge in [-0.15, -0.1) is 0 Å². The van der Waals surface area contributed by atoms with Crippen LogP contribution < -0.4 is 0 Å². The lowest BCUT2D eigenvalue weighted by molar-refractivity contribution is 0.872. The molecule has 0 spiro atoms. The minimum atomic E-state index is 0.437. The molecule has 0 unspecified atom stereocenters. The van der Waals surface area contributed by atoms with Crippen molar-refractivity contribution >= 4 is 0 Å². The smallest absolute Gasteiger partial charge is 0.162 e. The summed E-state index contributed by atoms with van der Waals surface area (Å²) in [4.78, 5) is 0. The van der Waals surface area contributed by atoms with Gasteiger partial charge in [0.05, 0.1) is 5.69 Å². The van der Waals surface area contributed by atoms with Crippen LogP contribution in [-0.2, 0) is 0 Å². The van der Waals surface area contributed by atoms with Crippen LogP contribution in [0.5, 0.6) is 0 Å². The fourth-order valence-corrected chi connectivity index (χ4v) is 1.30. The Morgan fingerprint density at radius 3 is 2.86 bits per heavy atom. The third kappa shape index (κ3) is 1.50. The first-order valence-corrected chi connectivity index (χ1v) is 4.32. The molecule has 0 saturated carbocycles. The molecule has 0 aliphatic rings. The molecule has 0 bridgehead atoms. The van der Waals surface area contributed by atoms with Gasteiger partial charge < -0.3 is 0 Å². The zero-order valence-corrected chi connectivity index (χ0v) is 7.81. The largest absolute Gasteiger partial charge is 0.240 e. The predicted molar refractivity (Wildman–Crippen MR) is 53.0 cm³/mol. The van der Waals surface area contributed by atoms with Crippen LogP contribution in [0.15, 0.2) is 36.5 Å². The van der Waals surface area contributed by atoms with Gasteiger partial charge in [0.2, 0.25) is 0 Å². The number of hydrogen-bond donors (Lipinski definition) is 0. The van der Waals surface area contributed by atoms with Crippen molar-refractivity contribution in [3.63, 3.8) is 0 Å². The number of aryl methyl sites for hydroxylation is 1. The Balaban J connectivity index is 2.45. The summed E-state index contributed by atoms with van der Waals surface area (Å²) in [6.45, 7) is 2.03. The zero-order chi connectivity index (χ0) is 9.97. The van der Waals surface area contributed by atoms with Crippen LogP contribution in [0.1, 0.15) is 11.3 Å². The summed E-state index contributed by atoms with van der Waals surface area (Å²) in [6.07, 6.45) is 1.79. The normalized spacial score (nSPS) is 9.71. The number of aromatic nitrogens is 2. The molecule has 0 saturated heterocycles. The molecule has 0 amide bonds.